The Morgan fingerprint density at radius 2 is 1.73 bits per heavy atom. The van der Waals surface area contributed by atoms with Crippen LogP contribution in [-0.2, 0) is 14.8 Å². The third-order valence-electron chi connectivity index (χ3n) is 5.13. The third-order valence-corrected chi connectivity index (χ3v) is 6.06. The van der Waals surface area contributed by atoms with Gasteiger partial charge in [0, 0.05) is 17.9 Å². The Morgan fingerprint density at radius 3 is 2.46 bits per heavy atom. The van der Waals surface area contributed by atoms with Gasteiger partial charge in [0.15, 0.2) is 5.78 Å². The first-order valence-corrected chi connectivity index (χ1v) is 10.1. The van der Waals surface area contributed by atoms with E-state index in [9.17, 15) is 13.2 Å². The Hall–Kier alpha value is -2.50. The summed E-state index contributed by atoms with van der Waals surface area (Å²) in [5, 5.41) is 5.16. The Balaban J connectivity index is 1.72. The summed E-state index contributed by atoms with van der Waals surface area (Å²) in [6, 6.07) is 6.39. The summed E-state index contributed by atoms with van der Waals surface area (Å²) < 4.78 is 22.9. The fraction of sp³-hybridized carbons (Fsp3) is 0.190. The quantitative estimate of drug-likeness (QED) is 0.817. The fourth-order valence-corrected chi connectivity index (χ4v) is 4.32. The molecule has 4 rings (SSSR count). The lowest BCUT2D eigenvalue weighted by atomic mass is 9.77. The molecule has 132 valence electrons. The van der Waals surface area contributed by atoms with Crippen LogP contribution in [0.4, 0.5) is 0 Å². The average Bonchev–Trinajstić information content (AvgIpc) is 3.02. The molecule has 0 aromatic heterocycles. The van der Waals surface area contributed by atoms with Crippen LogP contribution in [0.1, 0.15) is 18.4 Å². The molecule has 0 radical (unpaired) electrons. The standard InChI is InChI=1S/C21H19NO3S/c22-26(24,25)18-9-7-15(8-10-18)19-11-12-20(23)21(19)17-6-5-14-3-1-2-4-16(14)13-17/h1-11,14,16H,12-13H2,(H2,22,24,25). The number of rotatable bonds is 2. The second kappa shape index (κ2) is 6.34. The normalized spacial score (nSPS) is 27.6. The number of benzene rings is 1. The van der Waals surface area contributed by atoms with E-state index in [4.69, 9.17) is 5.14 Å². The van der Waals surface area contributed by atoms with Crippen LogP contribution in [0.5, 0.6) is 0 Å². The van der Waals surface area contributed by atoms with Gasteiger partial charge < -0.3 is 0 Å². The molecule has 4 nitrogen and oxygen atoms in total. The van der Waals surface area contributed by atoms with Crippen LogP contribution in [0.3, 0.4) is 0 Å². The Kier molecular flexibility index (Phi) is 4.13. The Labute approximate surface area is 153 Å². The number of hydrogen-bond donors (Lipinski definition) is 1. The van der Waals surface area contributed by atoms with Gasteiger partial charge in [-0.1, -0.05) is 54.7 Å². The van der Waals surface area contributed by atoms with Crippen molar-refractivity contribution in [3.8, 4) is 0 Å². The molecule has 1 aromatic rings. The van der Waals surface area contributed by atoms with Gasteiger partial charge in [-0.05, 0) is 41.2 Å². The molecule has 0 spiro atoms. The van der Waals surface area contributed by atoms with Crippen LogP contribution in [0.25, 0.3) is 5.57 Å². The summed E-state index contributed by atoms with van der Waals surface area (Å²) in [5.41, 5.74) is 3.52. The van der Waals surface area contributed by atoms with E-state index in [0.717, 1.165) is 28.7 Å². The first-order chi connectivity index (χ1) is 12.4. The molecule has 0 fully saturated rings. The molecule has 0 saturated carbocycles. The summed E-state index contributed by atoms with van der Waals surface area (Å²) in [6.45, 7) is 0. The molecular formula is C21H19NO3S. The van der Waals surface area contributed by atoms with Crippen molar-refractivity contribution in [1.82, 2.24) is 0 Å². The number of primary sulfonamides is 1. The van der Waals surface area contributed by atoms with Crippen molar-refractivity contribution in [1.29, 1.82) is 0 Å². The maximum atomic E-state index is 12.6. The van der Waals surface area contributed by atoms with Crippen molar-refractivity contribution < 1.29 is 13.2 Å². The smallest absolute Gasteiger partial charge is 0.238 e. The van der Waals surface area contributed by atoms with Crippen molar-refractivity contribution in [3.05, 3.63) is 83.5 Å². The molecule has 3 aliphatic rings. The SMILES string of the molecule is NS(=O)(=O)c1ccc(C2=CCC(=O)C2=C2C=CC3C=CC=CC3C2)cc1. The highest BCUT2D eigenvalue weighted by Gasteiger charge is 2.29. The van der Waals surface area contributed by atoms with Crippen LogP contribution < -0.4 is 5.14 Å². The largest absolute Gasteiger partial charge is 0.294 e. The molecule has 0 aliphatic heterocycles. The molecule has 1 aromatic carbocycles. The predicted molar refractivity (Wildman–Crippen MR) is 101 cm³/mol. The second-order valence-electron chi connectivity index (χ2n) is 6.79. The molecule has 0 amide bonds. The van der Waals surface area contributed by atoms with E-state index in [0.29, 0.717) is 18.3 Å². The molecule has 0 bridgehead atoms. The van der Waals surface area contributed by atoms with E-state index in [2.05, 4.69) is 36.5 Å². The Bertz CT molecular complexity index is 1020. The van der Waals surface area contributed by atoms with Gasteiger partial charge >= 0.3 is 0 Å². The number of fused-ring (bicyclic) bond motifs is 1. The van der Waals surface area contributed by atoms with E-state index in [1.165, 1.54) is 12.1 Å². The molecule has 2 atom stereocenters. The average molecular weight is 365 g/mol. The summed E-state index contributed by atoms with van der Waals surface area (Å²) >= 11 is 0. The van der Waals surface area contributed by atoms with Crippen LogP contribution >= 0.6 is 0 Å². The minimum atomic E-state index is -3.72. The minimum Gasteiger partial charge on any atom is -0.294 e. The first-order valence-electron chi connectivity index (χ1n) is 8.57. The highest BCUT2D eigenvalue weighted by atomic mass is 32.2. The van der Waals surface area contributed by atoms with Crippen LogP contribution in [-0.4, -0.2) is 14.2 Å². The number of Topliss-reactive ketones (excluding diaryl/α,β-unsaturated/α-hetero) is 1. The van der Waals surface area contributed by atoms with Gasteiger partial charge in [0.1, 0.15) is 0 Å². The van der Waals surface area contributed by atoms with E-state index >= 15 is 0 Å². The minimum absolute atomic E-state index is 0.0694. The maximum Gasteiger partial charge on any atom is 0.238 e. The lowest BCUT2D eigenvalue weighted by molar-refractivity contribution is -0.114. The van der Waals surface area contributed by atoms with Crippen LogP contribution in [0.2, 0.25) is 0 Å². The Morgan fingerprint density at radius 1 is 1.00 bits per heavy atom. The van der Waals surface area contributed by atoms with E-state index < -0.39 is 10.0 Å². The lowest BCUT2D eigenvalue weighted by Gasteiger charge is -2.27. The molecular weight excluding hydrogens is 346 g/mol. The van der Waals surface area contributed by atoms with Gasteiger partial charge in [-0.2, -0.15) is 0 Å². The molecule has 0 saturated heterocycles. The first kappa shape index (κ1) is 16.9. The number of allylic oxidation sites excluding steroid dienone is 10. The molecule has 3 aliphatic carbocycles. The van der Waals surface area contributed by atoms with Crippen molar-refractivity contribution in [2.45, 2.75) is 17.7 Å². The topological polar surface area (TPSA) is 77.2 Å². The number of carbonyl (C=O) groups is 1. The van der Waals surface area contributed by atoms with Crippen molar-refractivity contribution in [2.24, 2.45) is 17.0 Å². The number of hydrogen-bond acceptors (Lipinski definition) is 3. The van der Waals surface area contributed by atoms with Crippen molar-refractivity contribution in [2.75, 3.05) is 0 Å². The zero-order chi connectivity index (χ0) is 18.3. The van der Waals surface area contributed by atoms with Gasteiger partial charge in [-0.15, -0.1) is 0 Å². The van der Waals surface area contributed by atoms with Crippen molar-refractivity contribution >= 4 is 21.4 Å². The lowest BCUT2D eigenvalue weighted by Crippen LogP contribution is -2.16. The van der Waals surface area contributed by atoms with E-state index in [1.807, 2.05) is 6.08 Å². The number of ketones is 1. The number of carbonyl (C=O) groups excluding carboxylic acids is 1. The van der Waals surface area contributed by atoms with Crippen LogP contribution in [0, 0.1) is 11.8 Å². The number of nitrogens with two attached hydrogens (primary N) is 1. The molecule has 0 heterocycles. The zero-order valence-electron chi connectivity index (χ0n) is 14.1. The summed E-state index contributed by atoms with van der Waals surface area (Å²) in [7, 11) is -3.72. The highest BCUT2D eigenvalue weighted by molar-refractivity contribution is 7.89. The predicted octanol–water partition coefficient (Wildman–Crippen LogP) is 3.31. The third kappa shape index (κ3) is 3.04. The molecule has 2 N–H and O–H groups in total. The molecule has 2 unspecified atom stereocenters. The van der Waals surface area contributed by atoms with Crippen molar-refractivity contribution in [3.63, 3.8) is 0 Å². The molecule has 5 heteroatoms. The van der Waals surface area contributed by atoms with Gasteiger partial charge in [0.25, 0.3) is 0 Å². The van der Waals surface area contributed by atoms with Gasteiger partial charge in [0.2, 0.25) is 10.0 Å². The summed E-state index contributed by atoms with van der Waals surface area (Å²) in [6.07, 6.45) is 15.8. The fourth-order valence-electron chi connectivity index (χ4n) is 3.80. The zero-order valence-corrected chi connectivity index (χ0v) is 14.9. The summed E-state index contributed by atoms with van der Waals surface area (Å²) in [5.74, 6) is 0.887. The summed E-state index contributed by atoms with van der Waals surface area (Å²) in [4.78, 5) is 12.6. The van der Waals surface area contributed by atoms with E-state index in [1.54, 1.807) is 12.1 Å². The molecule has 26 heavy (non-hydrogen) atoms. The monoisotopic (exact) mass is 365 g/mol. The maximum absolute atomic E-state index is 12.6. The second-order valence-corrected chi connectivity index (χ2v) is 8.35. The van der Waals surface area contributed by atoms with Gasteiger partial charge in [-0.25, -0.2) is 13.6 Å². The highest BCUT2D eigenvalue weighted by Crippen LogP contribution is 2.40. The van der Waals surface area contributed by atoms with Gasteiger partial charge in [-0.3, -0.25) is 4.79 Å². The van der Waals surface area contributed by atoms with Gasteiger partial charge in [0.05, 0.1) is 4.90 Å². The number of sulfonamides is 1. The van der Waals surface area contributed by atoms with Crippen LogP contribution in [0.15, 0.2) is 82.8 Å². The van der Waals surface area contributed by atoms with E-state index in [-0.39, 0.29) is 10.7 Å².